The molecule has 0 aliphatic carbocycles. The number of hydrogen-bond donors (Lipinski definition) is 1. The van der Waals surface area contributed by atoms with E-state index in [-0.39, 0.29) is 29.4 Å². The molecule has 2 N–H and O–H groups in total. The molecule has 0 radical (unpaired) electrons. The molecule has 3 atom stereocenters. The first-order valence-electron chi connectivity index (χ1n) is 6.22. The summed E-state index contributed by atoms with van der Waals surface area (Å²) in [5, 5.41) is 3.90. The number of nitrogens with zero attached hydrogens (tertiary/aromatic N) is 2. The largest absolute Gasteiger partial charge is 0.339 e. The summed E-state index contributed by atoms with van der Waals surface area (Å²) in [6, 6.07) is -0.0226. The number of hydrogen-bond acceptors (Lipinski definition) is 6. The van der Waals surface area contributed by atoms with Gasteiger partial charge in [-0.2, -0.15) is 4.98 Å². The monoisotopic (exact) mass is 273 g/mol. The second-order valence-electron chi connectivity index (χ2n) is 4.95. The normalized spacial score (nSPS) is 26.1. The fraction of sp³-hybridized carbons (Fsp3) is 0.818. The molecule has 0 aromatic carbocycles. The summed E-state index contributed by atoms with van der Waals surface area (Å²) >= 11 is 0. The van der Waals surface area contributed by atoms with E-state index in [1.54, 1.807) is 0 Å². The summed E-state index contributed by atoms with van der Waals surface area (Å²) in [5.74, 6) is 1.21. The van der Waals surface area contributed by atoms with E-state index in [0.29, 0.717) is 18.1 Å². The molecular weight excluding hydrogens is 254 g/mol. The van der Waals surface area contributed by atoms with Crippen LogP contribution in [0.1, 0.15) is 50.2 Å². The third kappa shape index (κ3) is 2.72. The molecule has 0 bridgehead atoms. The average Bonchev–Trinajstić information content (AvgIpc) is 2.93. The molecule has 0 spiro atoms. The summed E-state index contributed by atoms with van der Waals surface area (Å²) in [7, 11) is -2.92. The molecule has 2 rings (SSSR count). The summed E-state index contributed by atoms with van der Waals surface area (Å²) in [4.78, 5) is 4.30. The van der Waals surface area contributed by atoms with E-state index in [4.69, 9.17) is 10.3 Å². The van der Waals surface area contributed by atoms with Crippen molar-refractivity contribution < 1.29 is 12.9 Å². The third-order valence-corrected chi connectivity index (χ3v) is 5.33. The minimum absolute atomic E-state index is 0.00531. The topological polar surface area (TPSA) is 99.1 Å². The van der Waals surface area contributed by atoms with Crippen LogP contribution in [0.15, 0.2) is 4.52 Å². The number of aromatic nitrogens is 2. The minimum atomic E-state index is -2.92. The lowest BCUT2D eigenvalue weighted by Crippen LogP contribution is -2.25. The van der Waals surface area contributed by atoms with Gasteiger partial charge in [0.2, 0.25) is 5.89 Å². The zero-order valence-corrected chi connectivity index (χ0v) is 11.5. The number of rotatable bonds is 4. The molecule has 1 fully saturated rings. The lowest BCUT2D eigenvalue weighted by Gasteiger charge is -2.13. The Morgan fingerprint density at radius 2 is 2.28 bits per heavy atom. The first kappa shape index (κ1) is 13.5. The Bertz CT molecular complexity index is 511. The van der Waals surface area contributed by atoms with Crippen molar-refractivity contribution in [1.29, 1.82) is 0 Å². The standard InChI is InChI=1S/C11H19N3O3S/c1-3-9(12)7(2)11-13-10(14-17-11)8-4-5-18(15,16)6-8/h7-9H,3-6,12H2,1-2H3. The van der Waals surface area contributed by atoms with Gasteiger partial charge < -0.3 is 10.3 Å². The van der Waals surface area contributed by atoms with Gasteiger partial charge in [0, 0.05) is 12.0 Å². The highest BCUT2D eigenvalue weighted by Gasteiger charge is 2.33. The molecule has 6 nitrogen and oxygen atoms in total. The van der Waals surface area contributed by atoms with E-state index in [9.17, 15) is 8.42 Å². The van der Waals surface area contributed by atoms with Gasteiger partial charge in [0.05, 0.1) is 17.4 Å². The second-order valence-corrected chi connectivity index (χ2v) is 7.18. The molecule has 0 saturated carbocycles. The smallest absolute Gasteiger partial charge is 0.231 e. The molecule has 1 aromatic rings. The van der Waals surface area contributed by atoms with Gasteiger partial charge in [-0.3, -0.25) is 0 Å². The summed E-state index contributed by atoms with van der Waals surface area (Å²) < 4.78 is 28.0. The summed E-state index contributed by atoms with van der Waals surface area (Å²) in [6.45, 7) is 3.94. The van der Waals surface area contributed by atoms with Crippen molar-refractivity contribution in [1.82, 2.24) is 10.1 Å². The van der Waals surface area contributed by atoms with Gasteiger partial charge in [0.1, 0.15) is 0 Å². The Labute approximate surface area is 107 Å². The van der Waals surface area contributed by atoms with Gasteiger partial charge in [-0.25, -0.2) is 8.42 Å². The van der Waals surface area contributed by atoms with Crippen LogP contribution in [-0.2, 0) is 9.84 Å². The number of sulfone groups is 1. The lowest BCUT2D eigenvalue weighted by molar-refractivity contribution is 0.335. The van der Waals surface area contributed by atoms with Crippen molar-refractivity contribution in [3.05, 3.63) is 11.7 Å². The van der Waals surface area contributed by atoms with E-state index < -0.39 is 9.84 Å². The average molecular weight is 273 g/mol. The Hall–Kier alpha value is -0.950. The highest BCUT2D eigenvalue weighted by atomic mass is 32.2. The molecule has 0 amide bonds. The zero-order valence-electron chi connectivity index (χ0n) is 10.7. The van der Waals surface area contributed by atoms with Crippen LogP contribution < -0.4 is 5.73 Å². The SMILES string of the molecule is CCC(N)C(C)c1nc(C2CCS(=O)(=O)C2)no1. The zero-order chi connectivity index (χ0) is 13.3. The quantitative estimate of drug-likeness (QED) is 0.871. The molecule has 18 heavy (non-hydrogen) atoms. The highest BCUT2D eigenvalue weighted by Crippen LogP contribution is 2.28. The van der Waals surface area contributed by atoms with Crippen LogP contribution in [0.5, 0.6) is 0 Å². The van der Waals surface area contributed by atoms with E-state index in [1.807, 2.05) is 13.8 Å². The molecule has 1 aromatic heterocycles. The highest BCUT2D eigenvalue weighted by molar-refractivity contribution is 7.91. The minimum Gasteiger partial charge on any atom is -0.339 e. The molecule has 1 aliphatic rings. The van der Waals surface area contributed by atoms with Crippen LogP contribution in [0.3, 0.4) is 0 Å². The Morgan fingerprint density at radius 3 is 2.83 bits per heavy atom. The van der Waals surface area contributed by atoms with Crippen molar-refractivity contribution in [3.8, 4) is 0 Å². The van der Waals surface area contributed by atoms with Crippen LogP contribution in [0.4, 0.5) is 0 Å². The maximum Gasteiger partial charge on any atom is 0.231 e. The van der Waals surface area contributed by atoms with Crippen molar-refractivity contribution in [2.45, 2.75) is 44.6 Å². The maximum absolute atomic E-state index is 11.4. The second kappa shape index (κ2) is 4.97. The Morgan fingerprint density at radius 1 is 1.56 bits per heavy atom. The maximum atomic E-state index is 11.4. The van der Waals surface area contributed by atoms with Crippen molar-refractivity contribution in [2.75, 3.05) is 11.5 Å². The van der Waals surface area contributed by atoms with E-state index in [2.05, 4.69) is 10.1 Å². The fourth-order valence-corrected chi connectivity index (χ4v) is 3.87. The lowest BCUT2D eigenvalue weighted by atomic mass is 10.0. The molecule has 7 heteroatoms. The van der Waals surface area contributed by atoms with Crippen molar-refractivity contribution in [2.24, 2.45) is 5.73 Å². The number of nitrogens with two attached hydrogens (primary N) is 1. The Balaban J connectivity index is 2.11. The van der Waals surface area contributed by atoms with Gasteiger partial charge in [-0.15, -0.1) is 0 Å². The predicted molar refractivity (Wildman–Crippen MR) is 67.0 cm³/mol. The van der Waals surface area contributed by atoms with Crippen LogP contribution >= 0.6 is 0 Å². The Kier molecular flexibility index (Phi) is 3.72. The molecular formula is C11H19N3O3S. The van der Waals surface area contributed by atoms with Gasteiger partial charge >= 0.3 is 0 Å². The predicted octanol–water partition coefficient (Wildman–Crippen LogP) is 0.812. The van der Waals surface area contributed by atoms with Crippen molar-refractivity contribution in [3.63, 3.8) is 0 Å². The first-order chi connectivity index (χ1) is 8.43. The van der Waals surface area contributed by atoms with Crippen LogP contribution in [-0.4, -0.2) is 36.1 Å². The van der Waals surface area contributed by atoms with Gasteiger partial charge in [0.15, 0.2) is 15.7 Å². The van der Waals surface area contributed by atoms with Crippen molar-refractivity contribution >= 4 is 9.84 Å². The van der Waals surface area contributed by atoms with Crippen LogP contribution in [0, 0.1) is 0 Å². The fourth-order valence-electron chi connectivity index (χ4n) is 2.13. The summed E-state index contributed by atoms with van der Waals surface area (Å²) in [6.07, 6.45) is 1.41. The molecule has 3 unspecified atom stereocenters. The van der Waals surface area contributed by atoms with Crippen LogP contribution in [0.2, 0.25) is 0 Å². The van der Waals surface area contributed by atoms with E-state index >= 15 is 0 Å². The first-order valence-corrected chi connectivity index (χ1v) is 8.04. The van der Waals surface area contributed by atoms with E-state index in [0.717, 1.165) is 6.42 Å². The molecule has 102 valence electrons. The summed E-state index contributed by atoms with van der Waals surface area (Å²) in [5.41, 5.74) is 5.93. The van der Waals surface area contributed by atoms with Crippen LogP contribution in [0.25, 0.3) is 0 Å². The molecule has 2 heterocycles. The van der Waals surface area contributed by atoms with Gasteiger partial charge in [-0.05, 0) is 12.8 Å². The molecule has 1 saturated heterocycles. The van der Waals surface area contributed by atoms with Gasteiger partial charge in [0.25, 0.3) is 0 Å². The van der Waals surface area contributed by atoms with E-state index in [1.165, 1.54) is 0 Å². The third-order valence-electron chi connectivity index (χ3n) is 3.56. The molecule has 1 aliphatic heterocycles. The van der Waals surface area contributed by atoms with Gasteiger partial charge in [-0.1, -0.05) is 19.0 Å².